The lowest BCUT2D eigenvalue weighted by Crippen LogP contribution is -2.22. The Hall–Kier alpha value is -1.19. The second-order valence-corrected chi connectivity index (χ2v) is 5.25. The molecule has 0 aliphatic carbocycles. The Morgan fingerprint density at radius 3 is 2.44 bits per heavy atom. The average molecular weight is 250 g/mol. The summed E-state index contributed by atoms with van der Waals surface area (Å²) in [7, 11) is 0. The highest BCUT2D eigenvalue weighted by Gasteiger charge is 2.10. The summed E-state index contributed by atoms with van der Waals surface area (Å²) >= 11 is 0. The van der Waals surface area contributed by atoms with Crippen LogP contribution in [0.2, 0.25) is 0 Å². The van der Waals surface area contributed by atoms with Gasteiger partial charge in [0.15, 0.2) is 5.78 Å². The van der Waals surface area contributed by atoms with Crippen molar-refractivity contribution in [1.82, 2.24) is 0 Å². The largest absolute Gasteiger partial charge is 0.373 e. The van der Waals surface area contributed by atoms with E-state index in [-0.39, 0.29) is 18.0 Å². The van der Waals surface area contributed by atoms with Crippen LogP contribution in [0.25, 0.3) is 0 Å². The van der Waals surface area contributed by atoms with Gasteiger partial charge in [0, 0.05) is 5.56 Å². The Kier molecular flexibility index (Phi) is 5.51. The second kappa shape index (κ2) is 6.66. The minimum atomic E-state index is -0.163. The number of hydrogen-bond acceptors (Lipinski definition) is 3. The Morgan fingerprint density at radius 2 is 1.83 bits per heavy atom. The number of carbonyl (C=O) groups excluding carboxylic acids is 1. The molecule has 0 spiro atoms. The first-order chi connectivity index (χ1) is 8.40. The van der Waals surface area contributed by atoms with E-state index in [0.717, 1.165) is 11.1 Å². The zero-order valence-corrected chi connectivity index (χ0v) is 11.7. The van der Waals surface area contributed by atoms with Gasteiger partial charge in [-0.3, -0.25) is 4.79 Å². The van der Waals surface area contributed by atoms with Crippen molar-refractivity contribution in [2.75, 3.05) is 19.8 Å². The lowest BCUT2D eigenvalue weighted by Gasteiger charge is -2.19. The topological polar surface area (TPSA) is 35.5 Å². The molecule has 3 heteroatoms. The van der Waals surface area contributed by atoms with Gasteiger partial charge in [-0.05, 0) is 33.3 Å². The molecule has 0 amide bonds. The third-order valence-electron chi connectivity index (χ3n) is 2.44. The van der Waals surface area contributed by atoms with Gasteiger partial charge in [0.2, 0.25) is 0 Å². The van der Waals surface area contributed by atoms with E-state index in [9.17, 15) is 4.79 Å². The number of hydrogen-bond donors (Lipinski definition) is 0. The van der Waals surface area contributed by atoms with Gasteiger partial charge < -0.3 is 9.47 Å². The molecule has 0 heterocycles. The van der Waals surface area contributed by atoms with E-state index in [1.165, 1.54) is 0 Å². The molecule has 0 N–H and O–H groups in total. The average Bonchev–Trinajstić information content (AvgIpc) is 2.27. The van der Waals surface area contributed by atoms with Gasteiger partial charge in [-0.15, -0.1) is 0 Å². The zero-order chi connectivity index (χ0) is 13.6. The molecule has 0 bridgehead atoms. The quantitative estimate of drug-likeness (QED) is 0.575. The highest BCUT2D eigenvalue weighted by atomic mass is 16.5. The van der Waals surface area contributed by atoms with Crippen molar-refractivity contribution >= 4 is 5.78 Å². The third-order valence-corrected chi connectivity index (χ3v) is 2.44. The van der Waals surface area contributed by atoms with E-state index in [0.29, 0.717) is 13.2 Å². The van der Waals surface area contributed by atoms with Crippen LogP contribution in [-0.2, 0) is 9.47 Å². The second-order valence-electron chi connectivity index (χ2n) is 5.25. The molecule has 0 unspecified atom stereocenters. The maximum absolute atomic E-state index is 11.9. The number of Topliss-reactive ketones (excluding diaryl/α,β-unsaturated/α-hetero) is 1. The fourth-order valence-corrected chi connectivity index (χ4v) is 1.54. The Labute approximate surface area is 109 Å². The summed E-state index contributed by atoms with van der Waals surface area (Å²) in [6.07, 6.45) is 0. The lowest BCUT2D eigenvalue weighted by atomic mass is 10.1. The van der Waals surface area contributed by atoms with Crippen LogP contribution >= 0.6 is 0 Å². The monoisotopic (exact) mass is 250 g/mol. The molecule has 0 radical (unpaired) electrons. The third kappa shape index (κ3) is 5.43. The van der Waals surface area contributed by atoms with Crippen molar-refractivity contribution in [2.45, 2.75) is 33.3 Å². The highest BCUT2D eigenvalue weighted by molar-refractivity contribution is 5.98. The van der Waals surface area contributed by atoms with E-state index in [1.807, 2.05) is 52.0 Å². The molecule has 0 saturated carbocycles. The Balaban J connectivity index is 2.28. The summed E-state index contributed by atoms with van der Waals surface area (Å²) < 4.78 is 10.8. The van der Waals surface area contributed by atoms with E-state index in [4.69, 9.17) is 9.47 Å². The van der Waals surface area contributed by atoms with E-state index in [1.54, 1.807) is 0 Å². The van der Waals surface area contributed by atoms with Gasteiger partial charge in [0.25, 0.3) is 0 Å². The SMILES string of the molecule is Cc1ccccc1C(=O)COCCOC(C)(C)C. The molecule has 100 valence electrons. The van der Waals surface area contributed by atoms with Crippen LogP contribution in [-0.4, -0.2) is 31.2 Å². The van der Waals surface area contributed by atoms with Gasteiger partial charge in [-0.1, -0.05) is 24.3 Å². The standard InChI is InChI=1S/C15H22O3/c1-12-7-5-6-8-13(12)14(16)11-17-9-10-18-15(2,3)4/h5-8H,9-11H2,1-4H3. The molecular weight excluding hydrogens is 228 g/mol. The summed E-state index contributed by atoms with van der Waals surface area (Å²) in [4.78, 5) is 11.9. The molecule has 0 aliphatic heterocycles. The van der Waals surface area contributed by atoms with Crippen LogP contribution in [0, 0.1) is 6.92 Å². The number of aryl methyl sites for hydroxylation is 1. The fourth-order valence-electron chi connectivity index (χ4n) is 1.54. The lowest BCUT2D eigenvalue weighted by molar-refractivity contribution is -0.0324. The summed E-state index contributed by atoms with van der Waals surface area (Å²) in [5.41, 5.74) is 1.55. The molecule has 0 saturated heterocycles. The number of ketones is 1. The maximum Gasteiger partial charge on any atom is 0.188 e. The molecule has 0 fully saturated rings. The first-order valence-corrected chi connectivity index (χ1v) is 6.21. The first-order valence-electron chi connectivity index (χ1n) is 6.21. The van der Waals surface area contributed by atoms with E-state index < -0.39 is 0 Å². The molecule has 18 heavy (non-hydrogen) atoms. The molecule has 1 rings (SSSR count). The minimum Gasteiger partial charge on any atom is -0.373 e. The predicted octanol–water partition coefficient (Wildman–Crippen LogP) is 3.01. The molecule has 0 aliphatic rings. The van der Waals surface area contributed by atoms with Gasteiger partial charge in [-0.2, -0.15) is 0 Å². The number of ether oxygens (including phenoxy) is 2. The first kappa shape index (κ1) is 14.9. The summed E-state index contributed by atoms with van der Waals surface area (Å²) in [5, 5.41) is 0. The van der Waals surface area contributed by atoms with Crippen LogP contribution in [0.3, 0.4) is 0 Å². The molecule has 3 nitrogen and oxygen atoms in total. The van der Waals surface area contributed by atoms with Crippen molar-refractivity contribution in [3.05, 3.63) is 35.4 Å². The number of rotatable bonds is 6. The molecule has 1 aromatic carbocycles. The smallest absolute Gasteiger partial charge is 0.188 e. The van der Waals surface area contributed by atoms with Crippen molar-refractivity contribution in [1.29, 1.82) is 0 Å². The minimum absolute atomic E-state index is 0.0175. The summed E-state index contributed by atoms with van der Waals surface area (Å²) in [5.74, 6) is 0.0175. The Bertz CT molecular complexity index is 391. The zero-order valence-electron chi connectivity index (χ0n) is 11.7. The maximum atomic E-state index is 11.9. The van der Waals surface area contributed by atoms with Gasteiger partial charge >= 0.3 is 0 Å². The predicted molar refractivity (Wildman–Crippen MR) is 72.0 cm³/mol. The summed E-state index contributed by atoms with van der Waals surface area (Å²) in [6.45, 7) is 8.95. The van der Waals surface area contributed by atoms with Crippen molar-refractivity contribution in [3.63, 3.8) is 0 Å². The molecule has 1 aromatic rings. The van der Waals surface area contributed by atoms with Crippen LogP contribution in [0.1, 0.15) is 36.7 Å². The van der Waals surface area contributed by atoms with E-state index >= 15 is 0 Å². The number of carbonyl (C=O) groups is 1. The fraction of sp³-hybridized carbons (Fsp3) is 0.533. The molecule has 0 aromatic heterocycles. The van der Waals surface area contributed by atoms with Gasteiger partial charge in [0.1, 0.15) is 6.61 Å². The van der Waals surface area contributed by atoms with Crippen molar-refractivity contribution < 1.29 is 14.3 Å². The molecule has 0 atom stereocenters. The van der Waals surface area contributed by atoms with Gasteiger partial charge in [0.05, 0.1) is 18.8 Å². The van der Waals surface area contributed by atoms with Crippen molar-refractivity contribution in [3.8, 4) is 0 Å². The normalized spacial score (nSPS) is 11.6. The van der Waals surface area contributed by atoms with Crippen LogP contribution < -0.4 is 0 Å². The summed E-state index contributed by atoms with van der Waals surface area (Å²) in [6, 6.07) is 7.54. The van der Waals surface area contributed by atoms with Gasteiger partial charge in [-0.25, -0.2) is 0 Å². The van der Waals surface area contributed by atoms with E-state index in [2.05, 4.69) is 0 Å². The Morgan fingerprint density at radius 1 is 1.17 bits per heavy atom. The molecular formula is C15H22O3. The van der Waals surface area contributed by atoms with Crippen LogP contribution in [0.5, 0.6) is 0 Å². The highest BCUT2D eigenvalue weighted by Crippen LogP contribution is 2.08. The number of benzene rings is 1. The van der Waals surface area contributed by atoms with Crippen LogP contribution in [0.15, 0.2) is 24.3 Å². The van der Waals surface area contributed by atoms with Crippen molar-refractivity contribution in [2.24, 2.45) is 0 Å². The van der Waals surface area contributed by atoms with Crippen LogP contribution in [0.4, 0.5) is 0 Å².